The lowest BCUT2D eigenvalue weighted by Gasteiger charge is -2.14. The molecule has 1 heterocycles. The SMILES string of the molecule is O=C(/C=C/c1ccccc1Cl)Nc1ccccc1OCC1CCCO1. The first-order valence-electron chi connectivity index (χ1n) is 8.29. The van der Waals surface area contributed by atoms with Gasteiger partial charge in [0.05, 0.1) is 11.8 Å². The van der Waals surface area contributed by atoms with Crippen molar-refractivity contribution in [1.82, 2.24) is 0 Å². The van der Waals surface area contributed by atoms with Crippen molar-refractivity contribution in [3.8, 4) is 5.75 Å². The summed E-state index contributed by atoms with van der Waals surface area (Å²) < 4.78 is 11.4. The van der Waals surface area contributed by atoms with Crippen LogP contribution in [-0.4, -0.2) is 25.2 Å². The van der Waals surface area contributed by atoms with E-state index in [0.29, 0.717) is 23.1 Å². The zero-order chi connectivity index (χ0) is 17.5. The van der Waals surface area contributed by atoms with Crippen LogP contribution in [0.4, 0.5) is 5.69 Å². The van der Waals surface area contributed by atoms with Gasteiger partial charge in [0.2, 0.25) is 5.91 Å². The number of hydrogen-bond donors (Lipinski definition) is 1. The zero-order valence-corrected chi connectivity index (χ0v) is 14.5. The number of para-hydroxylation sites is 2. The lowest BCUT2D eigenvalue weighted by Crippen LogP contribution is -2.17. The van der Waals surface area contributed by atoms with Gasteiger partial charge >= 0.3 is 0 Å². The average molecular weight is 358 g/mol. The van der Waals surface area contributed by atoms with Gasteiger partial charge in [-0.1, -0.05) is 41.9 Å². The van der Waals surface area contributed by atoms with Crippen LogP contribution in [0.3, 0.4) is 0 Å². The molecule has 1 aliphatic rings. The Kier molecular flexibility index (Phi) is 6.09. The normalized spacial score (nSPS) is 16.9. The molecule has 130 valence electrons. The number of hydrogen-bond acceptors (Lipinski definition) is 3. The number of carbonyl (C=O) groups is 1. The van der Waals surface area contributed by atoms with Crippen molar-refractivity contribution >= 4 is 29.3 Å². The van der Waals surface area contributed by atoms with Crippen molar-refractivity contribution < 1.29 is 14.3 Å². The van der Waals surface area contributed by atoms with Crippen LogP contribution in [0.15, 0.2) is 54.6 Å². The monoisotopic (exact) mass is 357 g/mol. The Bertz CT molecular complexity index is 754. The van der Waals surface area contributed by atoms with Gasteiger partial charge in [-0.05, 0) is 42.7 Å². The molecule has 0 bridgehead atoms. The molecule has 1 fully saturated rings. The van der Waals surface area contributed by atoms with E-state index >= 15 is 0 Å². The van der Waals surface area contributed by atoms with Crippen LogP contribution in [0.2, 0.25) is 5.02 Å². The third-order valence-electron chi connectivity index (χ3n) is 3.91. The number of halogens is 1. The standard InChI is InChI=1S/C20H20ClNO3/c21-17-8-2-1-6-15(17)11-12-20(23)22-18-9-3-4-10-19(18)25-14-16-7-5-13-24-16/h1-4,6,8-12,16H,5,7,13-14H2,(H,22,23)/b12-11+. The van der Waals surface area contributed by atoms with Crippen LogP contribution in [0.1, 0.15) is 18.4 Å². The van der Waals surface area contributed by atoms with E-state index in [1.165, 1.54) is 6.08 Å². The molecular weight excluding hydrogens is 338 g/mol. The quantitative estimate of drug-likeness (QED) is 0.771. The predicted molar refractivity (Wildman–Crippen MR) is 100 cm³/mol. The smallest absolute Gasteiger partial charge is 0.248 e. The molecule has 0 radical (unpaired) electrons. The fourth-order valence-corrected chi connectivity index (χ4v) is 2.80. The molecule has 0 aromatic heterocycles. The first-order chi connectivity index (χ1) is 12.2. The summed E-state index contributed by atoms with van der Waals surface area (Å²) in [6.07, 6.45) is 5.35. The summed E-state index contributed by atoms with van der Waals surface area (Å²) in [4.78, 5) is 12.2. The van der Waals surface area contributed by atoms with Crippen LogP contribution in [0.25, 0.3) is 6.08 Å². The van der Waals surface area contributed by atoms with E-state index in [2.05, 4.69) is 5.32 Å². The highest BCUT2D eigenvalue weighted by molar-refractivity contribution is 6.32. The molecule has 0 aliphatic carbocycles. The highest BCUT2D eigenvalue weighted by atomic mass is 35.5. The second-order valence-corrected chi connectivity index (χ2v) is 6.19. The maximum atomic E-state index is 12.2. The summed E-state index contributed by atoms with van der Waals surface area (Å²) in [6, 6.07) is 14.7. The third kappa shape index (κ3) is 5.08. The summed E-state index contributed by atoms with van der Waals surface area (Å²) in [6.45, 7) is 1.28. The minimum atomic E-state index is -0.243. The zero-order valence-electron chi connectivity index (χ0n) is 13.8. The summed E-state index contributed by atoms with van der Waals surface area (Å²) in [5, 5.41) is 3.44. The minimum Gasteiger partial charge on any atom is -0.489 e. The lowest BCUT2D eigenvalue weighted by atomic mass is 10.2. The molecule has 1 atom stereocenters. The first-order valence-corrected chi connectivity index (χ1v) is 8.67. The van der Waals surface area contributed by atoms with E-state index in [0.717, 1.165) is 25.0 Å². The molecule has 1 aliphatic heterocycles. The van der Waals surface area contributed by atoms with Crippen LogP contribution in [0, 0.1) is 0 Å². The van der Waals surface area contributed by atoms with Crippen LogP contribution in [-0.2, 0) is 9.53 Å². The number of benzene rings is 2. The van der Waals surface area contributed by atoms with E-state index < -0.39 is 0 Å². The Hall–Kier alpha value is -2.30. The highest BCUT2D eigenvalue weighted by Gasteiger charge is 2.16. The Labute approximate surface area is 152 Å². The molecule has 2 aromatic rings. The van der Waals surface area contributed by atoms with Crippen molar-refractivity contribution in [1.29, 1.82) is 0 Å². The van der Waals surface area contributed by atoms with Crippen molar-refractivity contribution in [3.63, 3.8) is 0 Å². The third-order valence-corrected chi connectivity index (χ3v) is 4.26. The predicted octanol–water partition coefficient (Wildman–Crippen LogP) is 4.55. The molecule has 5 heteroatoms. The van der Waals surface area contributed by atoms with Gasteiger partial charge in [0.25, 0.3) is 0 Å². The maximum Gasteiger partial charge on any atom is 0.248 e. The van der Waals surface area contributed by atoms with E-state index in [1.807, 2.05) is 42.5 Å². The second kappa shape index (κ2) is 8.70. The Morgan fingerprint density at radius 3 is 2.84 bits per heavy atom. The molecule has 25 heavy (non-hydrogen) atoms. The number of ether oxygens (including phenoxy) is 2. The van der Waals surface area contributed by atoms with Gasteiger partial charge in [-0.15, -0.1) is 0 Å². The summed E-state index contributed by atoms with van der Waals surface area (Å²) in [5.74, 6) is 0.394. The molecule has 1 N–H and O–H groups in total. The minimum absolute atomic E-state index is 0.129. The van der Waals surface area contributed by atoms with Crippen molar-refractivity contribution in [2.45, 2.75) is 18.9 Å². The molecule has 3 rings (SSSR count). The van der Waals surface area contributed by atoms with Crippen LogP contribution >= 0.6 is 11.6 Å². The largest absolute Gasteiger partial charge is 0.489 e. The van der Waals surface area contributed by atoms with Crippen molar-refractivity contribution in [3.05, 3.63) is 65.2 Å². The molecule has 0 saturated carbocycles. The molecule has 2 aromatic carbocycles. The van der Waals surface area contributed by atoms with Gasteiger partial charge < -0.3 is 14.8 Å². The number of anilines is 1. The average Bonchev–Trinajstić information content (AvgIpc) is 3.14. The van der Waals surface area contributed by atoms with Gasteiger partial charge in [-0.25, -0.2) is 0 Å². The maximum absolute atomic E-state index is 12.2. The summed E-state index contributed by atoms with van der Waals surface area (Å²) >= 11 is 6.08. The number of carbonyl (C=O) groups excluding carboxylic acids is 1. The Morgan fingerprint density at radius 2 is 2.04 bits per heavy atom. The summed E-state index contributed by atoms with van der Waals surface area (Å²) in [5.41, 5.74) is 1.43. The number of rotatable bonds is 6. The molecule has 0 spiro atoms. The fraction of sp³-hybridized carbons (Fsp3) is 0.250. The topological polar surface area (TPSA) is 47.6 Å². The number of amides is 1. The van der Waals surface area contributed by atoms with Gasteiger partial charge in [0.1, 0.15) is 12.4 Å². The van der Waals surface area contributed by atoms with Gasteiger partial charge in [-0.3, -0.25) is 4.79 Å². The molecule has 1 amide bonds. The Morgan fingerprint density at radius 1 is 1.24 bits per heavy atom. The van der Waals surface area contributed by atoms with Crippen LogP contribution < -0.4 is 10.1 Å². The fourth-order valence-electron chi connectivity index (χ4n) is 2.60. The van der Waals surface area contributed by atoms with Crippen molar-refractivity contribution in [2.24, 2.45) is 0 Å². The molecular formula is C20H20ClNO3. The van der Waals surface area contributed by atoms with E-state index in [-0.39, 0.29) is 12.0 Å². The van der Waals surface area contributed by atoms with Gasteiger partial charge in [0.15, 0.2) is 0 Å². The number of nitrogens with one attached hydrogen (secondary N) is 1. The van der Waals surface area contributed by atoms with E-state index in [1.54, 1.807) is 12.1 Å². The lowest BCUT2D eigenvalue weighted by molar-refractivity contribution is -0.111. The first kappa shape index (κ1) is 17.5. The molecule has 1 saturated heterocycles. The highest BCUT2D eigenvalue weighted by Crippen LogP contribution is 2.25. The Balaban J connectivity index is 1.61. The van der Waals surface area contributed by atoms with E-state index in [4.69, 9.17) is 21.1 Å². The van der Waals surface area contributed by atoms with Crippen molar-refractivity contribution in [2.75, 3.05) is 18.5 Å². The van der Waals surface area contributed by atoms with Gasteiger partial charge in [0, 0.05) is 17.7 Å². The molecule has 1 unspecified atom stereocenters. The second-order valence-electron chi connectivity index (χ2n) is 5.79. The van der Waals surface area contributed by atoms with Crippen LogP contribution in [0.5, 0.6) is 5.75 Å². The van der Waals surface area contributed by atoms with Gasteiger partial charge in [-0.2, -0.15) is 0 Å². The summed E-state index contributed by atoms with van der Waals surface area (Å²) in [7, 11) is 0. The van der Waals surface area contributed by atoms with E-state index in [9.17, 15) is 4.79 Å². The molecule has 4 nitrogen and oxygen atoms in total.